The second-order valence-electron chi connectivity index (χ2n) is 11.9. The van der Waals surface area contributed by atoms with Crippen molar-refractivity contribution in [3.63, 3.8) is 0 Å². The number of amides is 3. The summed E-state index contributed by atoms with van der Waals surface area (Å²) in [7, 11) is 0. The van der Waals surface area contributed by atoms with E-state index in [2.05, 4.69) is 71.8 Å². The van der Waals surface area contributed by atoms with Crippen LogP contribution in [0.1, 0.15) is 62.1 Å². The third-order valence-electron chi connectivity index (χ3n) is 7.65. The van der Waals surface area contributed by atoms with Gasteiger partial charge in [0.15, 0.2) is 0 Å². The lowest BCUT2D eigenvalue weighted by Gasteiger charge is -2.20. The maximum absolute atomic E-state index is 13.2. The van der Waals surface area contributed by atoms with Crippen LogP contribution < -0.4 is 31.3 Å². The Morgan fingerprint density at radius 2 is 1.22 bits per heavy atom. The first-order chi connectivity index (χ1) is 24.4. The van der Waals surface area contributed by atoms with Crippen molar-refractivity contribution in [2.45, 2.75) is 71.1 Å². The quantitative estimate of drug-likeness (QED) is 0.0545. The summed E-state index contributed by atoms with van der Waals surface area (Å²) in [6, 6.07) is 23.1. The zero-order valence-corrected chi connectivity index (χ0v) is 33.2. The van der Waals surface area contributed by atoms with Gasteiger partial charge in [-0.15, -0.1) is 0 Å². The minimum Gasteiger partial charge on any atom is -0.487 e. The summed E-state index contributed by atoms with van der Waals surface area (Å²) in [4.78, 5) is 37.5. The van der Waals surface area contributed by atoms with Crippen LogP contribution >= 0.6 is 45.2 Å². The van der Waals surface area contributed by atoms with Crippen LogP contribution in [-0.2, 0) is 34.0 Å². The number of nitrogens with one attached hydrogen (secondary N) is 5. The Kier molecular flexibility index (Phi) is 20.8. The monoisotopic (exact) mass is 911 g/mol. The van der Waals surface area contributed by atoms with Crippen LogP contribution in [0.5, 0.6) is 5.75 Å². The van der Waals surface area contributed by atoms with Crippen LogP contribution in [-0.4, -0.2) is 63.2 Å². The molecule has 0 saturated carbocycles. The van der Waals surface area contributed by atoms with Gasteiger partial charge in [-0.25, -0.2) is 4.79 Å². The summed E-state index contributed by atoms with van der Waals surface area (Å²) in [5.41, 5.74) is 3.03. The van der Waals surface area contributed by atoms with Crippen molar-refractivity contribution in [3.8, 4) is 5.75 Å². The van der Waals surface area contributed by atoms with E-state index in [1.165, 1.54) is 0 Å². The van der Waals surface area contributed by atoms with Crippen molar-refractivity contribution >= 4 is 63.1 Å². The Morgan fingerprint density at radius 3 is 1.84 bits per heavy atom. The number of unbranched alkanes of at least 4 members (excludes halogenated alkanes) is 1. The minimum atomic E-state index is -0.647. The van der Waals surface area contributed by atoms with Gasteiger partial charge in [-0.2, -0.15) is 0 Å². The summed E-state index contributed by atoms with van der Waals surface area (Å²) in [5, 5.41) is 15.6. The molecule has 3 amide bonds. The van der Waals surface area contributed by atoms with Crippen LogP contribution in [0, 0.1) is 7.14 Å². The first-order valence-corrected chi connectivity index (χ1v) is 19.6. The average molecular weight is 912 g/mol. The van der Waals surface area contributed by atoms with E-state index in [1.807, 2.05) is 79.7 Å². The minimum absolute atomic E-state index is 0.116. The van der Waals surface area contributed by atoms with E-state index >= 15 is 0 Å². The van der Waals surface area contributed by atoms with Crippen molar-refractivity contribution in [3.05, 3.63) is 96.6 Å². The molecule has 0 bridgehead atoms. The van der Waals surface area contributed by atoms with Gasteiger partial charge in [0, 0.05) is 25.9 Å². The van der Waals surface area contributed by atoms with Gasteiger partial charge in [0.05, 0.1) is 7.14 Å². The van der Waals surface area contributed by atoms with E-state index in [-0.39, 0.29) is 18.4 Å². The van der Waals surface area contributed by atoms with E-state index in [9.17, 15) is 14.4 Å². The summed E-state index contributed by atoms with van der Waals surface area (Å²) >= 11 is 4.54. The van der Waals surface area contributed by atoms with Gasteiger partial charge >= 0.3 is 6.09 Å². The zero-order chi connectivity index (χ0) is 35.8. The van der Waals surface area contributed by atoms with Gasteiger partial charge < -0.3 is 36.1 Å². The molecule has 0 aliphatic carbocycles. The molecule has 5 N–H and O–H groups in total. The Labute approximate surface area is 324 Å². The molecule has 0 radical (unpaired) electrons. The number of benzene rings is 3. The van der Waals surface area contributed by atoms with Crippen LogP contribution in [0.2, 0.25) is 0 Å². The van der Waals surface area contributed by atoms with Crippen molar-refractivity contribution < 1.29 is 23.9 Å². The highest BCUT2D eigenvalue weighted by molar-refractivity contribution is 14.1. The molecule has 10 nitrogen and oxygen atoms in total. The average Bonchev–Trinajstić information content (AvgIpc) is 3.11. The van der Waals surface area contributed by atoms with Crippen LogP contribution in [0.15, 0.2) is 72.8 Å². The number of ether oxygens (including phenoxy) is 2. The van der Waals surface area contributed by atoms with Gasteiger partial charge in [-0.1, -0.05) is 67.6 Å². The topological polar surface area (TPSA) is 130 Å². The van der Waals surface area contributed by atoms with Crippen LogP contribution in [0.3, 0.4) is 0 Å². The van der Waals surface area contributed by atoms with Crippen LogP contribution in [0.25, 0.3) is 0 Å². The third-order valence-corrected chi connectivity index (χ3v) is 9.25. The summed E-state index contributed by atoms with van der Waals surface area (Å²) in [6.45, 7) is 7.32. The Hall–Kier alpha value is -2.95. The molecule has 1 atom stereocenters. The van der Waals surface area contributed by atoms with Crippen molar-refractivity contribution in [2.75, 3.05) is 39.3 Å². The number of alkyl carbamates (subject to hydrolysis) is 1. The summed E-state index contributed by atoms with van der Waals surface area (Å²) < 4.78 is 13.3. The normalized spacial score (nSPS) is 11.4. The van der Waals surface area contributed by atoms with E-state index in [0.717, 1.165) is 87.9 Å². The molecule has 3 aromatic carbocycles. The standard InChI is InChI=1S/C38H51I2N5O5/c1-2-13-35(46)45-34(26-31-24-32(39)36(33(40)25-31)49-27-29-14-5-3-6-15-29)37(47)43-22-10-9-18-41-19-11-20-42-21-12-23-44-38(48)50-28-30-16-7-4-8-17-30/h3-8,14-17,24-25,34,41-42H,2,9-13,18-23,26-28H2,1H3,(H,43,47)(H,44,48)(H,45,46). The second kappa shape index (κ2) is 25.1. The molecule has 272 valence electrons. The molecular weight excluding hydrogens is 860 g/mol. The van der Waals surface area contributed by atoms with E-state index < -0.39 is 12.1 Å². The number of carbonyl (C=O) groups is 3. The van der Waals surface area contributed by atoms with Crippen molar-refractivity contribution in [2.24, 2.45) is 0 Å². The third kappa shape index (κ3) is 17.3. The summed E-state index contributed by atoms with van der Waals surface area (Å²) in [6.07, 6.45) is 4.72. The lowest BCUT2D eigenvalue weighted by molar-refractivity contribution is -0.129. The smallest absolute Gasteiger partial charge is 0.407 e. The summed E-state index contributed by atoms with van der Waals surface area (Å²) in [5.74, 6) is 0.541. The number of halogens is 2. The van der Waals surface area contributed by atoms with E-state index in [4.69, 9.17) is 9.47 Å². The lowest BCUT2D eigenvalue weighted by Crippen LogP contribution is -2.48. The second-order valence-corrected chi connectivity index (χ2v) is 14.3. The van der Waals surface area contributed by atoms with Gasteiger partial charge in [-0.3, -0.25) is 9.59 Å². The molecule has 3 rings (SSSR count). The molecule has 50 heavy (non-hydrogen) atoms. The van der Waals surface area contributed by atoms with Gasteiger partial charge in [0.2, 0.25) is 11.8 Å². The molecule has 0 aliphatic rings. The number of hydrogen-bond donors (Lipinski definition) is 5. The fourth-order valence-electron chi connectivity index (χ4n) is 5.01. The predicted octanol–water partition coefficient (Wildman–Crippen LogP) is 6.08. The maximum Gasteiger partial charge on any atom is 0.407 e. The fourth-order valence-corrected chi connectivity index (χ4v) is 7.22. The predicted molar refractivity (Wildman–Crippen MR) is 215 cm³/mol. The first-order valence-electron chi connectivity index (χ1n) is 17.4. The molecule has 0 spiro atoms. The highest BCUT2D eigenvalue weighted by Crippen LogP contribution is 2.30. The number of carbonyl (C=O) groups excluding carboxylic acids is 3. The Bertz CT molecular complexity index is 1410. The van der Waals surface area contributed by atoms with Crippen molar-refractivity contribution in [1.29, 1.82) is 0 Å². The number of rotatable bonds is 24. The highest BCUT2D eigenvalue weighted by atomic mass is 127. The molecule has 12 heteroatoms. The fraction of sp³-hybridized carbons (Fsp3) is 0.447. The first kappa shape index (κ1) is 41.5. The lowest BCUT2D eigenvalue weighted by atomic mass is 10.0. The largest absolute Gasteiger partial charge is 0.487 e. The van der Waals surface area contributed by atoms with E-state index in [0.29, 0.717) is 32.5 Å². The molecular formula is C38H51I2N5O5. The van der Waals surface area contributed by atoms with Gasteiger partial charge in [-0.05, 0) is 132 Å². The molecule has 1 unspecified atom stereocenters. The molecule has 0 aliphatic heterocycles. The highest BCUT2D eigenvalue weighted by Gasteiger charge is 2.22. The van der Waals surface area contributed by atoms with Crippen molar-refractivity contribution in [1.82, 2.24) is 26.6 Å². The molecule has 3 aromatic rings. The van der Waals surface area contributed by atoms with Gasteiger partial charge in [0.25, 0.3) is 0 Å². The van der Waals surface area contributed by atoms with Gasteiger partial charge in [0.1, 0.15) is 25.0 Å². The Balaban J connectivity index is 1.26. The molecule has 0 fully saturated rings. The Morgan fingerprint density at radius 1 is 0.680 bits per heavy atom. The van der Waals surface area contributed by atoms with E-state index in [1.54, 1.807) is 0 Å². The zero-order valence-electron chi connectivity index (χ0n) is 28.9. The molecule has 0 aromatic heterocycles. The number of hydrogen-bond acceptors (Lipinski definition) is 7. The molecule has 0 heterocycles. The van der Waals surface area contributed by atoms with Crippen LogP contribution in [0.4, 0.5) is 4.79 Å². The SMILES string of the molecule is CCCC(=O)NC(Cc1cc(I)c(OCc2ccccc2)c(I)c1)C(=O)NCCCCNCCCNCCCNC(=O)OCc1ccccc1. The maximum atomic E-state index is 13.2. The molecule has 0 saturated heterocycles.